The van der Waals surface area contributed by atoms with E-state index in [0.717, 1.165) is 17.0 Å². The molecule has 31 heavy (non-hydrogen) atoms. The van der Waals surface area contributed by atoms with Gasteiger partial charge in [-0.25, -0.2) is 4.79 Å². The van der Waals surface area contributed by atoms with Crippen LogP contribution in [0.3, 0.4) is 0 Å². The quantitative estimate of drug-likeness (QED) is 0.655. The zero-order valence-electron chi connectivity index (χ0n) is 18.9. The van der Waals surface area contributed by atoms with Gasteiger partial charge in [-0.1, -0.05) is 32.9 Å². The lowest BCUT2D eigenvalue weighted by atomic mass is 9.81. The van der Waals surface area contributed by atoms with E-state index in [4.69, 9.17) is 0 Å². The van der Waals surface area contributed by atoms with Gasteiger partial charge in [-0.2, -0.15) is 0 Å². The van der Waals surface area contributed by atoms with Crippen LogP contribution in [-0.4, -0.2) is 65.1 Å². The van der Waals surface area contributed by atoms with Crippen molar-refractivity contribution in [3.63, 3.8) is 0 Å². The van der Waals surface area contributed by atoms with Gasteiger partial charge in [-0.15, -0.1) is 11.8 Å². The first-order chi connectivity index (χ1) is 14.8. The maximum Gasteiger partial charge on any atom is 0.321 e. The number of rotatable bonds is 6. The van der Waals surface area contributed by atoms with Gasteiger partial charge in [0.15, 0.2) is 0 Å². The molecule has 1 spiro atoms. The molecule has 0 aromatic heterocycles. The third-order valence-corrected chi connectivity index (χ3v) is 6.99. The number of carbonyl (C=O) groups excluding carboxylic acids is 3. The standard InChI is InChI=1S/C23H34N4O3S/c1-5-12-27-20(28)18(15-16(2)3)24-21(29)23(27)10-13-26(14-11-23)22(30)25-17-8-6-7-9-19(17)31-4/h6-9,16,18H,5,10-15H2,1-4H3,(H,24,29)(H,25,30). The van der Waals surface area contributed by atoms with Crippen LogP contribution in [-0.2, 0) is 9.59 Å². The van der Waals surface area contributed by atoms with Crippen LogP contribution in [0.25, 0.3) is 0 Å². The van der Waals surface area contributed by atoms with Gasteiger partial charge >= 0.3 is 6.03 Å². The predicted octanol–water partition coefficient (Wildman–Crippen LogP) is 3.56. The maximum absolute atomic E-state index is 13.2. The number of anilines is 1. The average molecular weight is 447 g/mol. The summed E-state index contributed by atoms with van der Waals surface area (Å²) in [5.41, 5.74) is -0.0656. The van der Waals surface area contributed by atoms with Crippen molar-refractivity contribution in [1.29, 1.82) is 0 Å². The number of thioether (sulfide) groups is 1. The number of nitrogens with zero attached hydrogens (tertiary/aromatic N) is 2. The number of amides is 4. The van der Waals surface area contributed by atoms with Crippen molar-refractivity contribution in [2.45, 2.75) is 62.9 Å². The van der Waals surface area contributed by atoms with Crippen molar-refractivity contribution in [2.24, 2.45) is 5.92 Å². The summed E-state index contributed by atoms with van der Waals surface area (Å²) in [6.07, 6.45) is 4.32. The summed E-state index contributed by atoms with van der Waals surface area (Å²) in [7, 11) is 0. The minimum Gasteiger partial charge on any atom is -0.342 e. The Balaban J connectivity index is 1.71. The monoisotopic (exact) mass is 446 g/mol. The highest BCUT2D eigenvalue weighted by molar-refractivity contribution is 7.98. The summed E-state index contributed by atoms with van der Waals surface area (Å²) in [4.78, 5) is 43.8. The molecule has 7 nitrogen and oxygen atoms in total. The van der Waals surface area contributed by atoms with E-state index in [1.807, 2.05) is 37.4 Å². The smallest absolute Gasteiger partial charge is 0.321 e. The highest BCUT2D eigenvalue weighted by Gasteiger charge is 2.53. The Kier molecular flexibility index (Phi) is 7.51. The van der Waals surface area contributed by atoms with Gasteiger partial charge in [0.1, 0.15) is 11.6 Å². The molecule has 2 aliphatic rings. The van der Waals surface area contributed by atoms with Crippen molar-refractivity contribution >= 4 is 35.3 Å². The lowest BCUT2D eigenvalue weighted by Gasteiger charge is -2.51. The van der Waals surface area contributed by atoms with Crippen LogP contribution in [0, 0.1) is 5.92 Å². The van der Waals surface area contributed by atoms with Gasteiger partial charge in [-0.3, -0.25) is 9.59 Å². The molecule has 0 saturated carbocycles. The molecule has 0 radical (unpaired) electrons. The number of hydrogen-bond acceptors (Lipinski definition) is 4. The van der Waals surface area contributed by atoms with Gasteiger partial charge < -0.3 is 20.4 Å². The molecule has 1 aromatic rings. The second-order valence-corrected chi connectivity index (χ2v) is 9.64. The number of hydrogen-bond donors (Lipinski definition) is 2. The minimum absolute atomic E-state index is 0.0157. The molecular formula is C23H34N4O3S. The van der Waals surface area contributed by atoms with E-state index in [9.17, 15) is 14.4 Å². The predicted molar refractivity (Wildman–Crippen MR) is 124 cm³/mol. The number of urea groups is 1. The lowest BCUT2D eigenvalue weighted by Crippen LogP contribution is -2.73. The third-order valence-electron chi connectivity index (χ3n) is 6.19. The topological polar surface area (TPSA) is 81.8 Å². The SMILES string of the molecule is CCCN1C(=O)C(CC(C)C)NC(=O)C12CCN(C(=O)Nc1ccccc1SC)CC2. The molecule has 0 bridgehead atoms. The second-order valence-electron chi connectivity index (χ2n) is 8.79. The van der Waals surface area contributed by atoms with Crippen LogP contribution >= 0.6 is 11.8 Å². The first kappa shape index (κ1) is 23.4. The summed E-state index contributed by atoms with van der Waals surface area (Å²) in [6, 6.07) is 7.08. The molecular weight excluding hydrogens is 412 g/mol. The number of likely N-dealkylation sites (tertiary alicyclic amines) is 1. The minimum atomic E-state index is -0.853. The van der Waals surface area contributed by atoms with E-state index < -0.39 is 11.6 Å². The molecule has 8 heteroatoms. The molecule has 2 aliphatic heterocycles. The fourth-order valence-corrected chi connectivity index (χ4v) is 5.13. The zero-order chi connectivity index (χ0) is 22.6. The van der Waals surface area contributed by atoms with Gasteiger partial charge in [0.25, 0.3) is 0 Å². The number of piperazine rings is 1. The van der Waals surface area contributed by atoms with E-state index in [1.54, 1.807) is 21.6 Å². The van der Waals surface area contributed by atoms with Crippen LogP contribution in [0.15, 0.2) is 29.2 Å². The third kappa shape index (κ3) is 4.84. The molecule has 1 aromatic carbocycles. The maximum atomic E-state index is 13.2. The van der Waals surface area contributed by atoms with Gasteiger partial charge in [0, 0.05) is 24.5 Å². The van der Waals surface area contributed by atoms with Crippen molar-refractivity contribution in [1.82, 2.24) is 15.1 Å². The van der Waals surface area contributed by atoms with Crippen LogP contribution in [0.5, 0.6) is 0 Å². The first-order valence-corrected chi connectivity index (χ1v) is 12.4. The Morgan fingerprint density at radius 1 is 1.26 bits per heavy atom. The van der Waals surface area contributed by atoms with Crippen molar-refractivity contribution in [2.75, 3.05) is 31.2 Å². The number of nitrogens with one attached hydrogen (secondary N) is 2. The molecule has 170 valence electrons. The summed E-state index contributed by atoms with van der Waals surface area (Å²) in [5.74, 6) is 0.266. The normalized spacial score (nSPS) is 20.9. The van der Waals surface area contributed by atoms with Crippen molar-refractivity contribution in [3.05, 3.63) is 24.3 Å². The van der Waals surface area contributed by atoms with Gasteiger partial charge in [0.05, 0.1) is 5.69 Å². The van der Waals surface area contributed by atoms with E-state index in [2.05, 4.69) is 24.5 Å². The molecule has 2 fully saturated rings. The Morgan fingerprint density at radius 2 is 1.94 bits per heavy atom. The summed E-state index contributed by atoms with van der Waals surface area (Å²) < 4.78 is 0. The number of carbonyl (C=O) groups is 3. The lowest BCUT2D eigenvalue weighted by molar-refractivity contribution is -0.161. The Morgan fingerprint density at radius 3 is 2.55 bits per heavy atom. The van der Waals surface area contributed by atoms with E-state index in [1.165, 1.54) is 0 Å². The molecule has 4 amide bonds. The first-order valence-electron chi connectivity index (χ1n) is 11.1. The van der Waals surface area contributed by atoms with E-state index in [-0.39, 0.29) is 17.8 Å². The van der Waals surface area contributed by atoms with E-state index >= 15 is 0 Å². The number of para-hydroxylation sites is 1. The molecule has 1 atom stereocenters. The van der Waals surface area contributed by atoms with Crippen LogP contribution in [0.1, 0.15) is 46.5 Å². The molecule has 2 heterocycles. The van der Waals surface area contributed by atoms with Crippen LogP contribution in [0.2, 0.25) is 0 Å². The summed E-state index contributed by atoms with van der Waals surface area (Å²) in [6.45, 7) is 7.57. The number of piperidine rings is 1. The largest absolute Gasteiger partial charge is 0.342 e. The summed E-state index contributed by atoms with van der Waals surface area (Å²) >= 11 is 1.58. The zero-order valence-corrected chi connectivity index (χ0v) is 19.8. The highest BCUT2D eigenvalue weighted by Crippen LogP contribution is 2.34. The number of benzene rings is 1. The molecule has 2 saturated heterocycles. The molecule has 2 N–H and O–H groups in total. The fraction of sp³-hybridized carbons (Fsp3) is 0.609. The summed E-state index contributed by atoms with van der Waals surface area (Å²) in [5, 5.41) is 5.99. The van der Waals surface area contributed by atoms with Gasteiger partial charge in [-0.05, 0) is 50.0 Å². The highest BCUT2D eigenvalue weighted by atomic mass is 32.2. The Labute approximate surface area is 189 Å². The van der Waals surface area contributed by atoms with Crippen LogP contribution in [0.4, 0.5) is 10.5 Å². The molecule has 0 aliphatic carbocycles. The molecule has 1 unspecified atom stereocenters. The second kappa shape index (κ2) is 9.94. The average Bonchev–Trinajstić information content (AvgIpc) is 2.75. The van der Waals surface area contributed by atoms with Crippen molar-refractivity contribution in [3.8, 4) is 0 Å². The fourth-order valence-electron chi connectivity index (χ4n) is 4.57. The van der Waals surface area contributed by atoms with Gasteiger partial charge in [0.2, 0.25) is 11.8 Å². The van der Waals surface area contributed by atoms with Crippen molar-refractivity contribution < 1.29 is 14.4 Å². The van der Waals surface area contributed by atoms with Crippen LogP contribution < -0.4 is 10.6 Å². The molecule has 3 rings (SSSR count). The Bertz CT molecular complexity index is 821. The Hall–Kier alpha value is -2.22. The van der Waals surface area contributed by atoms with E-state index in [0.29, 0.717) is 44.8 Å².